The van der Waals surface area contributed by atoms with Crippen LogP contribution in [0.3, 0.4) is 0 Å². The molecule has 0 aliphatic carbocycles. The van der Waals surface area contributed by atoms with Crippen molar-refractivity contribution in [3.05, 3.63) is 51.3 Å². The largest absolute Gasteiger partial charge is 0.416 e. The number of hydrazone groups is 1. The van der Waals surface area contributed by atoms with E-state index in [0.29, 0.717) is 17.3 Å². The maximum atomic E-state index is 12.6. The van der Waals surface area contributed by atoms with Crippen LogP contribution in [0, 0.1) is 17.0 Å². The highest BCUT2D eigenvalue weighted by Crippen LogP contribution is 2.34. The molecule has 1 N–H and O–H groups in total. The normalized spacial score (nSPS) is 11.9. The third-order valence-corrected chi connectivity index (χ3v) is 2.96. The molecular weight excluding hydrogens is 315 g/mol. The summed E-state index contributed by atoms with van der Waals surface area (Å²) in [7, 11) is 1.72. The minimum atomic E-state index is -4.65. The lowest BCUT2D eigenvalue weighted by atomic mass is 10.1. The van der Waals surface area contributed by atoms with Crippen molar-refractivity contribution in [2.75, 3.05) is 5.43 Å². The third-order valence-electron chi connectivity index (χ3n) is 2.96. The van der Waals surface area contributed by atoms with E-state index in [1.54, 1.807) is 24.9 Å². The number of nitrogens with zero attached hydrogens (tertiary/aromatic N) is 4. The van der Waals surface area contributed by atoms with Crippen molar-refractivity contribution in [1.82, 2.24) is 9.78 Å². The van der Waals surface area contributed by atoms with Crippen LogP contribution in [0.1, 0.15) is 16.8 Å². The van der Waals surface area contributed by atoms with Gasteiger partial charge in [-0.15, -0.1) is 0 Å². The van der Waals surface area contributed by atoms with Gasteiger partial charge in [0.2, 0.25) is 0 Å². The Kier molecular flexibility index (Phi) is 4.34. The van der Waals surface area contributed by atoms with Gasteiger partial charge in [0.05, 0.1) is 22.4 Å². The molecule has 0 fully saturated rings. The first kappa shape index (κ1) is 16.5. The van der Waals surface area contributed by atoms with E-state index >= 15 is 0 Å². The number of hydrogen-bond donors (Lipinski definition) is 1. The number of hydrogen-bond acceptors (Lipinski definition) is 5. The molecular formula is C13H12F3N5O2. The van der Waals surface area contributed by atoms with Crippen molar-refractivity contribution in [1.29, 1.82) is 0 Å². The fourth-order valence-electron chi connectivity index (χ4n) is 1.87. The smallest absolute Gasteiger partial charge is 0.275 e. The van der Waals surface area contributed by atoms with E-state index in [0.717, 1.165) is 12.1 Å². The van der Waals surface area contributed by atoms with E-state index in [1.807, 2.05) is 0 Å². The Morgan fingerprint density at radius 1 is 1.43 bits per heavy atom. The van der Waals surface area contributed by atoms with Gasteiger partial charge in [-0.05, 0) is 19.1 Å². The molecule has 0 saturated heterocycles. The standard InChI is InChI=1S/C13H12F3N5O2/c1-8-9(7-20(2)19-8)6-17-18-11-4-3-10(13(14,15)16)5-12(11)21(22)23/h3-7,18H,1-2H3. The van der Waals surface area contributed by atoms with Crippen LogP contribution in [0.15, 0.2) is 29.5 Å². The number of nitrogens with one attached hydrogen (secondary N) is 1. The Balaban J connectivity index is 2.26. The van der Waals surface area contributed by atoms with Gasteiger partial charge in [-0.2, -0.15) is 23.4 Å². The molecule has 7 nitrogen and oxygen atoms in total. The molecule has 0 atom stereocenters. The summed E-state index contributed by atoms with van der Waals surface area (Å²) in [5.41, 5.74) is 1.81. The lowest BCUT2D eigenvalue weighted by Crippen LogP contribution is -2.06. The summed E-state index contributed by atoms with van der Waals surface area (Å²) in [5.74, 6) is 0. The average Bonchev–Trinajstić information content (AvgIpc) is 2.76. The zero-order chi connectivity index (χ0) is 17.2. The van der Waals surface area contributed by atoms with Gasteiger partial charge in [0.25, 0.3) is 5.69 Å². The first-order chi connectivity index (χ1) is 10.7. The molecule has 1 aromatic carbocycles. The SMILES string of the molecule is Cc1nn(C)cc1C=NNc1ccc(C(F)(F)F)cc1[N+](=O)[O-]. The number of aromatic nitrogens is 2. The summed E-state index contributed by atoms with van der Waals surface area (Å²) < 4.78 is 39.4. The maximum Gasteiger partial charge on any atom is 0.416 e. The molecule has 0 spiro atoms. The summed E-state index contributed by atoms with van der Waals surface area (Å²) in [6, 6.07) is 2.18. The Labute approximate surface area is 128 Å². The number of rotatable bonds is 4. The highest BCUT2D eigenvalue weighted by Gasteiger charge is 2.33. The van der Waals surface area contributed by atoms with Gasteiger partial charge >= 0.3 is 6.18 Å². The van der Waals surface area contributed by atoms with Gasteiger partial charge < -0.3 is 0 Å². The van der Waals surface area contributed by atoms with Crippen molar-refractivity contribution in [3.63, 3.8) is 0 Å². The lowest BCUT2D eigenvalue weighted by molar-refractivity contribution is -0.384. The molecule has 1 heterocycles. The molecule has 2 aromatic rings. The minimum absolute atomic E-state index is 0.138. The van der Waals surface area contributed by atoms with Crippen LogP contribution >= 0.6 is 0 Å². The fourth-order valence-corrected chi connectivity index (χ4v) is 1.87. The van der Waals surface area contributed by atoms with Crippen molar-refractivity contribution in [2.45, 2.75) is 13.1 Å². The topological polar surface area (TPSA) is 85.3 Å². The number of anilines is 1. The molecule has 23 heavy (non-hydrogen) atoms. The Bertz CT molecular complexity index is 767. The molecule has 0 bridgehead atoms. The molecule has 2 rings (SSSR count). The number of benzene rings is 1. The number of nitro benzene ring substituents is 1. The average molecular weight is 327 g/mol. The van der Waals surface area contributed by atoms with Crippen molar-refractivity contribution in [2.24, 2.45) is 12.1 Å². The maximum absolute atomic E-state index is 12.6. The van der Waals surface area contributed by atoms with Crippen LogP contribution in [0.25, 0.3) is 0 Å². The predicted molar refractivity (Wildman–Crippen MR) is 77.3 cm³/mol. The third kappa shape index (κ3) is 3.84. The van der Waals surface area contributed by atoms with E-state index < -0.39 is 22.4 Å². The number of alkyl halides is 3. The van der Waals surface area contributed by atoms with Gasteiger partial charge in [0.1, 0.15) is 5.69 Å². The van der Waals surface area contributed by atoms with Crippen molar-refractivity contribution >= 4 is 17.6 Å². The lowest BCUT2D eigenvalue weighted by Gasteiger charge is -2.08. The Hall–Kier alpha value is -2.91. The van der Waals surface area contributed by atoms with Crippen LogP contribution in [0.4, 0.5) is 24.5 Å². The molecule has 0 amide bonds. The number of nitro groups is 1. The van der Waals surface area contributed by atoms with Crippen LogP contribution in [0.2, 0.25) is 0 Å². The van der Waals surface area contributed by atoms with Crippen LogP contribution in [-0.2, 0) is 13.2 Å². The zero-order valence-electron chi connectivity index (χ0n) is 12.1. The summed E-state index contributed by atoms with van der Waals surface area (Å²) in [5, 5.41) is 18.8. The molecule has 122 valence electrons. The molecule has 10 heteroatoms. The van der Waals surface area contributed by atoms with E-state index in [9.17, 15) is 23.3 Å². The second kappa shape index (κ2) is 6.07. The summed E-state index contributed by atoms with van der Waals surface area (Å²) >= 11 is 0. The molecule has 0 aliphatic rings. The minimum Gasteiger partial charge on any atom is -0.275 e. The zero-order valence-corrected chi connectivity index (χ0v) is 12.1. The van der Waals surface area contributed by atoms with Crippen molar-refractivity contribution in [3.8, 4) is 0 Å². The Morgan fingerprint density at radius 3 is 2.65 bits per heavy atom. The van der Waals surface area contributed by atoms with Crippen LogP contribution in [0.5, 0.6) is 0 Å². The van der Waals surface area contributed by atoms with Gasteiger partial charge in [-0.3, -0.25) is 20.2 Å². The molecule has 0 aliphatic heterocycles. The van der Waals surface area contributed by atoms with Gasteiger partial charge in [-0.25, -0.2) is 0 Å². The van der Waals surface area contributed by atoms with Crippen molar-refractivity contribution < 1.29 is 18.1 Å². The van der Waals surface area contributed by atoms with Gasteiger partial charge in [0.15, 0.2) is 0 Å². The Morgan fingerprint density at radius 2 is 2.13 bits per heavy atom. The molecule has 0 radical (unpaired) electrons. The van der Waals surface area contributed by atoms with E-state index in [1.165, 1.54) is 6.21 Å². The molecule has 1 aromatic heterocycles. The van der Waals surface area contributed by atoms with Gasteiger partial charge in [0, 0.05) is 24.9 Å². The first-order valence-electron chi connectivity index (χ1n) is 6.33. The van der Waals surface area contributed by atoms with Gasteiger partial charge in [-0.1, -0.05) is 0 Å². The predicted octanol–water partition coefficient (Wildman–Crippen LogP) is 3.10. The van der Waals surface area contributed by atoms with Crippen LogP contribution < -0.4 is 5.43 Å². The van der Waals surface area contributed by atoms with E-state index in [-0.39, 0.29) is 5.69 Å². The summed E-state index contributed by atoms with van der Waals surface area (Å²) in [6.45, 7) is 1.75. The van der Waals surface area contributed by atoms with Crippen LogP contribution in [-0.4, -0.2) is 20.9 Å². The highest BCUT2D eigenvalue weighted by molar-refractivity contribution is 5.81. The first-order valence-corrected chi connectivity index (χ1v) is 6.33. The summed E-state index contributed by atoms with van der Waals surface area (Å²) in [6.07, 6.45) is -1.59. The number of aryl methyl sites for hydroxylation is 2. The molecule has 0 saturated carbocycles. The summed E-state index contributed by atoms with van der Waals surface area (Å²) in [4.78, 5) is 10.0. The second-order valence-corrected chi connectivity index (χ2v) is 4.70. The highest BCUT2D eigenvalue weighted by atomic mass is 19.4. The molecule has 0 unspecified atom stereocenters. The second-order valence-electron chi connectivity index (χ2n) is 4.70. The van der Waals surface area contributed by atoms with E-state index in [4.69, 9.17) is 0 Å². The fraction of sp³-hybridized carbons (Fsp3) is 0.231. The monoisotopic (exact) mass is 327 g/mol. The number of halogens is 3. The quantitative estimate of drug-likeness (QED) is 0.531. The van der Waals surface area contributed by atoms with E-state index in [2.05, 4.69) is 15.6 Å².